The second-order valence-electron chi connectivity index (χ2n) is 19.1. The topological polar surface area (TPSA) is 16.4 Å². The molecule has 15 rings (SSSR count). The van der Waals surface area contributed by atoms with Crippen LogP contribution in [-0.2, 0) is 10.8 Å². The van der Waals surface area contributed by atoms with E-state index in [1.165, 1.54) is 125 Å². The molecule has 7 aromatic carbocycles. The van der Waals surface area contributed by atoms with Crippen molar-refractivity contribution in [2.24, 2.45) is 23.7 Å². The molecule has 4 bridgehead atoms. The first-order valence-corrected chi connectivity index (χ1v) is 22.5. The summed E-state index contributed by atoms with van der Waals surface area (Å²) in [5, 5.41) is 2.33. The monoisotopic (exact) mass is 761 g/mol. The van der Waals surface area contributed by atoms with E-state index in [2.05, 4.69) is 157 Å². The third kappa shape index (κ3) is 4.27. The zero-order valence-corrected chi connectivity index (χ0v) is 33.5. The van der Waals surface area contributed by atoms with Crippen LogP contribution in [0, 0.1) is 23.7 Å². The largest absolute Gasteiger partial charge is 0.455 e. The van der Waals surface area contributed by atoms with Crippen molar-refractivity contribution >= 4 is 39.0 Å². The SMILES string of the molecule is c1ccc2c(c1)-c1c(N(c3ccc(-c4cccc5c4oc4ccccc45)cc3)c3ccc4c(c3)-c3ccccc3[C@]43[C@@H]4CC5C[C@@H](C4)C[C@@H]3C5)cccc1C21CCCC1. The third-order valence-corrected chi connectivity index (χ3v) is 16.6. The fourth-order valence-corrected chi connectivity index (χ4v) is 14.7. The van der Waals surface area contributed by atoms with E-state index in [1.807, 2.05) is 0 Å². The van der Waals surface area contributed by atoms with Gasteiger partial charge in [0.1, 0.15) is 11.2 Å². The van der Waals surface area contributed by atoms with E-state index in [9.17, 15) is 0 Å². The van der Waals surface area contributed by atoms with E-state index in [0.717, 1.165) is 40.4 Å². The molecule has 0 atom stereocenters. The Morgan fingerprint density at radius 1 is 0.475 bits per heavy atom. The van der Waals surface area contributed by atoms with Crippen LogP contribution >= 0.6 is 0 Å². The molecule has 7 aliphatic rings. The highest BCUT2D eigenvalue weighted by Gasteiger charge is 2.61. The van der Waals surface area contributed by atoms with Crippen molar-refractivity contribution in [1.82, 2.24) is 0 Å². The highest BCUT2D eigenvalue weighted by atomic mass is 16.3. The minimum atomic E-state index is 0.103. The number of benzene rings is 7. The summed E-state index contributed by atoms with van der Waals surface area (Å²) < 4.78 is 6.53. The summed E-state index contributed by atoms with van der Waals surface area (Å²) in [6, 6.07) is 58.0. The molecule has 59 heavy (non-hydrogen) atoms. The van der Waals surface area contributed by atoms with Crippen molar-refractivity contribution in [2.45, 2.75) is 68.6 Å². The summed E-state index contributed by atoms with van der Waals surface area (Å²) >= 11 is 0. The van der Waals surface area contributed by atoms with E-state index in [-0.39, 0.29) is 10.8 Å². The lowest BCUT2D eigenvalue weighted by atomic mass is 9.43. The molecule has 0 amide bonds. The number of rotatable bonds is 4. The van der Waals surface area contributed by atoms with Gasteiger partial charge in [-0.25, -0.2) is 0 Å². The predicted molar refractivity (Wildman–Crippen MR) is 242 cm³/mol. The number of hydrogen-bond acceptors (Lipinski definition) is 2. The molecule has 286 valence electrons. The number of anilines is 3. The Labute approximate surface area is 346 Å². The predicted octanol–water partition coefficient (Wildman–Crippen LogP) is 15.3. The molecule has 7 aliphatic carbocycles. The lowest BCUT2D eigenvalue weighted by molar-refractivity contribution is -0.0399. The average molecular weight is 762 g/mol. The van der Waals surface area contributed by atoms with Gasteiger partial charge < -0.3 is 9.32 Å². The van der Waals surface area contributed by atoms with Crippen molar-refractivity contribution in [3.05, 3.63) is 174 Å². The average Bonchev–Trinajstić information content (AvgIpc) is 4.05. The molecule has 5 saturated carbocycles. The van der Waals surface area contributed by atoms with Crippen molar-refractivity contribution < 1.29 is 4.42 Å². The summed E-state index contributed by atoms with van der Waals surface area (Å²) in [5.74, 6) is 3.37. The molecular weight excluding hydrogens is 715 g/mol. The quantitative estimate of drug-likeness (QED) is 0.178. The zero-order valence-electron chi connectivity index (χ0n) is 33.5. The smallest absolute Gasteiger partial charge is 0.143 e. The normalized spacial score (nSPS) is 24.9. The van der Waals surface area contributed by atoms with E-state index in [0.29, 0.717) is 0 Å². The van der Waals surface area contributed by atoms with Gasteiger partial charge in [0.15, 0.2) is 0 Å². The van der Waals surface area contributed by atoms with Gasteiger partial charge in [0.2, 0.25) is 0 Å². The van der Waals surface area contributed by atoms with Gasteiger partial charge in [0.25, 0.3) is 0 Å². The van der Waals surface area contributed by atoms with Crippen LogP contribution in [0.15, 0.2) is 156 Å². The lowest BCUT2D eigenvalue weighted by Gasteiger charge is -2.61. The Morgan fingerprint density at radius 3 is 1.92 bits per heavy atom. The van der Waals surface area contributed by atoms with Gasteiger partial charge in [-0.05, 0) is 150 Å². The molecule has 0 aliphatic heterocycles. The Hall–Kier alpha value is -5.86. The Balaban J connectivity index is 0.973. The molecule has 2 heteroatoms. The van der Waals surface area contributed by atoms with Crippen LogP contribution in [0.1, 0.15) is 80.0 Å². The maximum Gasteiger partial charge on any atom is 0.143 e. The maximum absolute atomic E-state index is 6.53. The molecular formula is C57H47NO. The fourth-order valence-electron chi connectivity index (χ4n) is 14.7. The van der Waals surface area contributed by atoms with Gasteiger partial charge in [-0.1, -0.05) is 128 Å². The van der Waals surface area contributed by atoms with Gasteiger partial charge in [-0.15, -0.1) is 0 Å². The standard InChI is InChI=1S/C57H47NO/c1-5-17-49-43(11-1)47-34-41(25-26-50(47)57(49)38-30-35-29-36(32-38)33-39(57)31-35)58(52-19-10-18-51-54(52)46-13-2-4-16-48(46)56(51)27-7-8-28-56)40-23-21-37(22-24-40)42-14-9-15-45-44-12-3-6-20-53(44)59-55(42)45/h1-6,9-26,34-36,38-39H,7-8,27-33H2/t35-,36?,38-,39+,57+. The maximum atomic E-state index is 6.53. The fraction of sp³-hybridized carbons (Fsp3) is 0.263. The minimum absolute atomic E-state index is 0.103. The van der Waals surface area contributed by atoms with Crippen molar-refractivity contribution in [1.29, 1.82) is 0 Å². The van der Waals surface area contributed by atoms with Crippen molar-refractivity contribution in [3.63, 3.8) is 0 Å². The van der Waals surface area contributed by atoms with E-state index in [1.54, 1.807) is 11.1 Å². The molecule has 5 fully saturated rings. The molecule has 2 nitrogen and oxygen atoms in total. The molecule has 1 heterocycles. The Morgan fingerprint density at radius 2 is 1.10 bits per heavy atom. The summed E-state index contributed by atoms with van der Waals surface area (Å²) in [6.45, 7) is 0. The molecule has 0 saturated heterocycles. The van der Waals surface area contributed by atoms with Crippen LogP contribution in [0.4, 0.5) is 17.1 Å². The van der Waals surface area contributed by atoms with Crippen molar-refractivity contribution in [2.75, 3.05) is 4.90 Å². The molecule has 2 spiro atoms. The second kappa shape index (κ2) is 11.9. The first-order valence-electron chi connectivity index (χ1n) is 22.5. The van der Waals surface area contributed by atoms with Gasteiger partial charge in [-0.2, -0.15) is 0 Å². The van der Waals surface area contributed by atoms with E-state index < -0.39 is 0 Å². The summed E-state index contributed by atoms with van der Waals surface area (Å²) in [6.07, 6.45) is 12.1. The third-order valence-electron chi connectivity index (χ3n) is 16.6. The van der Waals surface area contributed by atoms with Gasteiger partial charge in [0.05, 0.1) is 5.69 Å². The lowest BCUT2D eigenvalue weighted by Crippen LogP contribution is -2.55. The molecule has 1 aromatic heterocycles. The molecule has 0 radical (unpaired) electrons. The van der Waals surface area contributed by atoms with Crippen LogP contribution in [-0.4, -0.2) is 0 Å². The van der Waals surface area contributed by atoms with Crippen LogP contribution in [0.25, 0.3) is 55.3 Å². The number of nitrogens with zero attached hydrogens (tertiary/aromatic N) is 1. The second-order valence-corrected chi connectivity index (χ2v) is 19.1. The van der Waals surface area contributed by atoms with Crippen LogP contribution < -0.4 is 4.90 Å². The highest BCUT2D eigenvalue weighted by molar-refractivity contribution is 6.09. The van der Waals surface area contributed by atoms with Crippen LogP contribution in [0.3, 0.4) is 0 Å². The summed E-state index contributed by atoms with van der Waals surface area (Å²) in [7, 11) is 0. The van der Waals surface area contributed by atoms with Crippen LogP contribution in [0.5, 0.6) is 0 Å². The van der Waals surface area contributed by atoms with Crippen molar-refractivity contribution in [3.8, 4) is 33.4 Å². The summed E-state index contributed by atoms with van der Waals surface area (Å²) in [4.78, 5) is 2.60. The molecule has 0 unspecified atom stereocenters. The first kappa shape index (κ1) is 33.0. The zero-order chi connectivity index (χ0) is 38.5. The van der Waals surface area contributed by atoms with Gasteiger partial charge in [0, 0.05) is 44.1 Å². The van der Waals surface area contributed by atoms with Crippen LogP contribution in [0.2, 0.25) is 0 Å². The number of para-hydroxylation sites is 2. The Kier molecular flexibility index (Phi) is 6.65. The highest BCUT2D eigenvalue weighted by Crippen LogP contribution is 2.70. The van der Waals surface area contributed by atoms with Gasteiger partial charge >= 0.3 is 0 Å². The molecule has 8 aromatic rings. The molecule has 0 N–H and O–H groups in total. The number of hydrogen-bond donors (Lipinski definition) is 0. The first-order chi connectivity index (χ1) is 29.2. The number of fused-ring (bicyclic) bond motifs is 11. The Bertz CT molecular complexity index is 3000. The number of furan rings is 1. The van der Waals surface area contributed by atoms with Gasteiger partial charge in [-0.3, -0.25) is 0 Å². The van der Waals surface area contributed by atoms with E-state index in [4.69, 9.17) is 4.42 Å². The minimum Gasteiger partial charge on any atom is -0.455 e. The van der Waals surface area contributed by atoms with E-state index >= 15 is 0 Å². The summed E-state index contributed by atoms with van der Waals surface area (Å²) in [5.41, 5.74) is 20.2.